The molecule has 0 spiro atoms. The minimum atomic E-state index is -4.64. The van der Waals surface area contributed by atoms with Crippen molar-refractivity contribution < 1.29 is 27.2 Å². The summed E-state index contributed by atoms with van der Waals surface area (Å²) in [4.78, 5) is 3.75. The maximum atomic E-state index is 13.2. The van der Waals surface area contributed by atoms with Crippen LogP contribution in [0.25, 0.3) is 11.4 Å². The van der Waals surface area contributed by atoms with Gasteiger partial charge in [-0.3, -0.25) is 0 Å². The molecule has 2 aromatic rings. The summed E-state index contributed by atoms with van der Waals surface area (Å²) in [6.07, 6.45) is -4.64. The molecule has 1 aromatic heterocycles. The van der Waals surface area contributed by atoms with Crippen molar-refractivity contribution in [2.24, 2.45) is 0 Å². The Kier molecular flexibility index (Phi) is 6.69. The van der Waals surface area contributed by atoms with Crippen molar-refractivity contribution in [2.75, 3.05) is 6.61 Å². The molecule has 1 aromatic carbocycles. The molecule has 6 nitrogen and oxygen atoms in total. The number of nitrogens with zero attached hydrogens (tertiary/aromatic N) is 3. The van der Waals surface area contributed by atoms with Crippen LogP contribution in [0.3, 0.4) is 0 Å². The minimum Gasteiger partial charge on any atom is -0.399 e. The number of benzene rings is 1. The van der Waals surface area contributed by atoms with Gasteiger partial charge in [0.05, 0.1) is 11.2 Å². The molecule has 32 heavy (non-hydrogen) atoms. The van der Waals surface area contributed by atoms with Crippen LogP contribution in [0, 0.1) is 0 Å². The van der Waals surface area contributed by atoms with Crippen molar-refractivity contribution in [1.82, 2.24) is 14.8 Å². The number of alkyl halides is 3. The molecule has 3 rings (SSSR count). The third kappa shape index (κ3) is 5.62. The Labute approximate surface area is 188 Å². The van der Waals surface area contributed by atoms with Crippen LogP contribution >= 0.6 is 0 Å². The van der Waals surface area contributed by atoms with Crippen LogP contribution < -0.4 is 5.46 Å². The van der Waals surface area contributed by atoms with E-state index < -0.39 is 38.4 Å². The molecule has 176 valence electrons. The predicted octanol–water partition coefficient (Wildman–Crippen LogP) is 4.58. The molecule has 0 N–H and O–H groups in total. The van der Waals surface area contributed by atoms with Crippen molar-refractivity contribution in [3.8, 4) is 11.4 Å². The first-order valence-corrected chi connectivity index (χ1v) is 14.4. The van der Waals surface area contributed by atoms with Crippen LogP contribution in [0.5, 0.6) is 0 Å². The summed E-state index contributed by atoms with van der Waals surface area (Å²) in [7, 11) is -1.86. The van der Waals surface area contributed by atoms with E-state index in [4.69, 9.17) is 14.0 Å². The Morgan fingerprint density at radius 2 is 1.59 bits per heavy atom. The molecule has 0 saturated carbocycles. The van der Waals surface area contributed by atoms with Gasteiger partial charge in [-0.2, -0.15) is 13.2 Å². The van der Waals surface area contributed by atoms with Crippen LogP contribution in [0.4, 0.5) is 13.2 Å². The third-order valence-electron chi connectivity index (χ3n) is 5.83. The molecule has 0 amide bonds. The fourth-order valence-electron chi connectivity index (χ4n) is 3.06. The molecule has 2 heterocycles. The molecule has 1 aliphatic rings. The molecule has 0 bridgehead atoms. The van der Waals surface area contributed by atoms with Crippen LogP contribution in [-0.2, 0) is 27.0 Å². The average Bonchev–Trinajstić information content (AvgIpc) is 3.16. The summed E-state index contributed by atoms with van der Waals surface area (Å²) in [5.41, 5.74) is 0.319. The summed E-state index contributed by atoms with van der Waals surface area (Å²) in [5, 5.41) is 3.65. The molecule has 11 heteroatoms. The van der Waals surface area contributed by atoms with Crippen molar-refractivity contribution in [3.05, 3.63) is 30.1 Å². The first kappa shape index (κ1) is 24.9. The normalized spacial score (nSPS) is 18.4. The van der Waals surface area contributed by atoms with E-state index in [2.05, 4.69) is 29.7 Å². The van der Waals surface area contributed by atoms with Gasteiger partial charge in [0.2, 0.25) is 0 Å². The fraction of sp³-hybridized carbons (Fsp3) is 0.619. The highest BCUT2D eigenvalue weighted by Gasteiger charge is 2.51. The average molecular weight is 469 g/mol. The molecular formula is C21H31BF3N3O3Si. The maximum absolute atomic E-state index is 13.2. The van der Waals surface area contributed by atoms with Gasteiger partial charge in [-0.05, 0) is 39.2 Å². The predicted molar refractivity (Wildman–Crippen MR) is 120 cm³/mol. The Hall–Kier alpha value is -1.69. The standard InChI is InChI=1S/C21H31BF3N3O3Si/c1-19(2)20(3,4)31-22(30-19)16-10-8-15(9-11-16)17-26-18(21(23,24)25)27-28(17)14-29-12-13-32(5,6)7/h8-11H,12-14H2,1-7H3. The zero-order valence-corrected chi connectivity index (χ0v) is 20.7. The number of halogens is 3. The summed E-state index contributed by atoms with van der Waals surface area (Å²) in [6.45, 7) is 14.9. The highest BCUT2D eigenvalue weighted by molar-refractivity contribution is 6.76. The molecule has 0 aliphatic carbocycles. The van der Waals surface area contributed by atoms with Gasteiger partial charge in [-0.1, -0.05) is 43.9 Å². The Morgan fingerprint density at radius 1 is 1.03 bits per heavy atom. The van der Waals surface area contributed by atoms with Crippen LogP contribution in [0.2, 0.25) is 25.7 Å². The Bertz CT molecular complexity index is 924. The number of aromatic nitrogens is 3. The van der Waals surface area contributed by atoms with E-state index in [1.54, 1.807) is 24.3 Å². The van der Waals surface area contributed by atoms with Crippen molar-refractivity contribution in [1.29, 1.82) is 0 Å². The molecule has 1 aliphatic heterocycles. The van der Waals surface area contributed by atoms with Gasteiger partial charge >= 0.3 is 13.3 Å². The third-order valence-corrected chi connectivity index (χ3v) is 7.53. The summed E-state index contributed by atoms with van der Waals surface area (Å²) in [6, 6.07) is 7.85. The largest absolute Gasteiger partial charge is 0.494 e. The van der Waals surface area contributed by atoms with Crippen LogP contribution in [0.15, 0.2) is 24.3 Å². The van der Waals surface area contributed by atoms with E-state index in [-0.39, 0.29) is 12.6 Å². The minimum absolute atomic E-state index is 0.0954. The van der Waals surface area contributed by atoms with Gasteiger partial charge in [-0.15, -0.1) is 5.10 Å². The zero-order valence-electron chi connectivity index (χ0n) is 19.7. The van der Waals surface area contributed by atoms with Crippen molar-refractivity contribution in [3.63, 3.8) is 0 Å². The Balaban J connectivity index is 1.81. The fourth-order valence-corrected chi connectivity index (χ4v) is 3.82. The van der Waals surface area contributed by atoms with E-state index in [9.17, 15) is 13.2 Å². The number of rotatable bonds is 7. The molecule has 0 unspecified atom stereocenters. The number of ether oxygens (including phenoxy) is 1. The zero-order chi connectivity index (χ0) is 23.9. The smallest absolute Gasteiger partial charge is 0.399 e. The van der Waals surface area contributed by atoms with E-state index in [1.165, 1.54) is 0 Å². The van der Waals surface area contributed by atoms with Gasteiger partial charge < -0.3 is 14.0 Å². The van der Waals surface area contributed by atoms with Gasteiger partial charge in [0.25, 0.3) is 5.82 Å². The molecule has 1 fully saturated rings. The van der Waals surface area contributed by atoms with Gasteiger partial charge in [0.1, 0.15) is 6.73 Å². The highest BCUT2D eigenvalue weighted by atomic mass is 28.3. The topological polar surface area (TPSA) is 58.4 Å². The van der Waals surface area contributed by atoms with Crippen molar-refractivity contribution >= 4 is 20.7 Å². The molecule has 0 atom stereocenters. The summed E-state index contributed by atoms with van der Waals surface area (Å²) < 4.78 is 58.6. The van der Waals surface area contributed by atoms with E-state index >= 15 is 0 Å². The van der Waals surface area contributed by atoms with Crippen LogP contribution in [-0.4, -0.2) is 47.8 Å². The highest BCUT2D eigenvalue weighted by Crippen LogP contribution is 2.36. The second kappa shape index (κ2) is 8.59. The van der Waals surface area contributed by atoms with Gasteiger partial charge in [0, 0.05) is 20.2 Å². The first-order chi connectivity index (χ1) is 14.6. The van der Waals surface area contributed by atoms with Crippen molar-refractivity contribution in [2.45, 2.75) is 77.5 Å². The number of hydrogen-bond acceptors (Lipinski definition) is 5. The second-order valence-corrected chi connectivity index (χ2v) is 15.9. The quantitative estimate of drug-likeness (QED) is 0.439. The van der Waals surface area contributed by atoms with Gasteiger partial charge in [0.15, 0.2) is 5.82 Å². The monoisotopic (exact) mass is 469 g/mol. The van der Waals surface area contributed by atoms with E-state index in [1.807, 2.05) is 27.7 Å². The van der Waals surface area contributed by atoms with Gasteiger partial charge in [-0.25, -0.2) is 9.67 Å². The lowest BCUT2D eigenvalue weighted by atomic mass is 9.79. The summed E-state index contributed by atoms with van der Waals surface area (Å²) in [5.74, 6) is -1.08. The first-order valence-electron chi connectivity index (χ1n) is 10.6. The maximum Gasteiger partial charge on any atom is 0.494 e. The SMILES string of the molecule is CC1(C)OB(c2ccc(-c3nc(C(F)(F)F)nn3COCC[Si](C)(C)C)cc2)OC1(C)C. The molecular weight excluding hydrogens is 438 g/mol. The van der Waals surface area contributed by atoms with E-state index in [0.717, 1.165) is 16.2 Å². The lowest BCUT2D eigenvalue weighted by Gasteiger charge is -2.32. The lowest BCUT2D eigenvalue weighted by Crippen LogP contribution is -2.41. The molecule has 1 saturated heterocycles. The Morgan fingerprint density at radius 3 is 2.09 bits per heavy atom. The second-order valence-electron chi connectivity index (χ2n) is 10.3. The van der Waals surface area contributed by atoms with Crippen LogP contribution in [0.1, 0.15) is 33.5 Å². The molecule has 0 radical (unpaired) electrons. The lowest BCUT2D eigenvalue weighted by molar-refractivity contribution is -0.145. The number of hydrogen-bond donors (Lipinski definition) is 0. The summed E-state index contributed by atoms with van der Waals surface area (Å²) >= 11 is 0. The van der Waals surface area contributed by atoms with E-state index in [0.29, 0.717) is 12.2 Å².